The van der Waals surface area contributed by atoms with Crippen molar-refractivity contribution in [3.63, 3.8) is 0 Å². The molecule has 106 valence electrons. The molecule has 2 rings (SSSR count). The lowest BCUT2D eigenvalue weighted by Crippen LogP contribution is -2.34. The Morgan fingerprint density at radius 1 is 1.68 bits per heavy atom. The SMILES string of the molecule is CN(CCO)C(=O)Cn1nccc1C1CCCNC1. The lowest BCUT2D eigenvalue weighted by Gasteiger charge is -2.24. The monoisotopic (exact) mass is 266 g/mol. The Hall–Kier alpha value is -1.40. The summed E-state index contributed by atoms with van der Waals surface area (Å²) in [6, 6.07) is 2.00. The average molecular weight is 266 g/mol. The van der Waals surface area contributed by atoms with E-state index >= 15 is 0 Å². The summed E-state index contributed by atoms with van der Waals surface area (Å²) in [5, 5.41) is 16.5. The van der Waals surface area contributed by atoms with E-state index in [-0.39, 0.29) is 19.1 Å². The van der Waals surface area contributed by atoms with Gasteiger partial charge in [-0.3, -0.25) is 9.48 Å². The normalized spacial score (nSPS) is 19.4. The predicted octanol–water partition coefficient (Wildman–Crippen LogP) is -0.199. The molecule has 1 fully saturated rings. The molecule has 2 heterocycles. The molecule has 1 aromatic rings. The Morgan fingerprint density at radius 2 is 2.53 bits per heavy atom. The Kier molecular flexibility index (Phi) is 4.93. The minimum atomic E-state index is -0.0252. The van der Waals surface area contributed by atoms with Gasteiger partial charge in [-0.2, -0.15) is 5.10 Å². The number of aliphatic hydroxyl groups is 1. The minimum Gasteiger partial charge on any atom is -0.395 e. The Labute approximate surface area is 113 Å². The lowest BCUT2D eigenvalue weighted by atomic mass is 9.96. The van der Waals surface area contributed by atoms with E-state index in [4.69, 9.17) is 5.11 Å². The van der Waals surface area contributed by atoms with E-state index < -0.39 is 0 Å². The molecular formula is C13H22N4O2. The second-order valence-corrected chi connectivity index (χ2v) is 5.00. The van der Waals surface area contributed by atoms with Gasteiger partial charge in [0.05, 0.1) is 6.61 Å². The van der Waals surface area contributed by atoms with Crippen LogP contribution in [0.4, 0.5) is 0 Å². The third kappa shape index (κ3) is 3.54. The van der Waals surface area contributed by atoms with Crippen molar-refractivity contribution >= 4 is 5.91 Å². The molecular weight excluding hydrogens is 244 g/mol. The highest BCUT2D eigenvalue weighted by molar-refractivity contribution is 5.75. The molecule has 1 amide bonds. The number of piperidine rings is 1. The number of aromatic nitrogens is 2. The third-order valence-electron chi connectivity index (χ3n) is 3.61. The molecule has 1 atom stereocenters. The van der Waals surface area contributed by atoms with Crippen LogP contribution in [0.1, 0.15) is 24.5 Å². The molecule has 6 nitrogen and oxygen atoms in total. The van der Waals surface area contributed by atoms with Gasteiger partial charge in [-0.05, 0) is 25.5 Å². The summed E-state index contributed by atoms with van der Waals surface area (Å²) in [6.45, 7) is 2.62. The summed E-state index contributed by atoms with van der Waals surface area (Å²) in [5.74, 6) is 0.412. The van der Waals surface area contributed by atoms with E-state index in [9.17, 15) is 4.79 Å². The number of nitrogens with one attached hydrogen (secondary N) is 1. The average Bonchev–Trinajstić information content (AvgIpc) is 2.88. The molecule has 1 aromatic heterocycles. The number of nitrogens with zero attached hydrogens (tertiary/aromatic N) is 3. The minimum absolute atomic E-state index is 0.0131. The molecule has 1 unspecified atom stereocenters. The Morgan fingerprint density at radius 3 is 3.21 bits per heavy atom. The second-order valence-electron chi connectivity index (χ2n) is 5.00. The van der Waals surface area contributed by atoms with Crippen molar-refractivity contribution in [2.75, 3.05) is 33.3 Å². The van der Waals surface area contributed by atoms with Crippen LogP contribution in [0.2, 0.25) is 0 Å². The quantitative estimate of drug-likeness (QED) is 0.774. The predicted molar refractivity (Wildman–Crippen MR) is 71.8 cm³/mol. The van der Waals surface area contributed by atoms with E-state index in [2.05, 4.69) is 10.4 Å². The first kappa shape index (κ1) is 14.0. The van der Waals surface area contributed by atoms with Gasteiger partial charge in [0.15, 0.2) is 0 Å². The van der Waals surface area contributed by atoms with Gasteiger partial charge in [-0.25, -0.2) is 0 Å². The van der Waals surface area contributed by atoms with E-state index in [0.29, 0.717) is 12.5 Å². The number of hydrogen-bond donors (Lipinski definition) is 2. The molecule has 0 radical (unpaired) electrons. The van der Waals surface area contributed by atoms with Gasteiger partial charge in [0.25, 0.3) is 0 Å². The van der Waals surface area contributed by atoms with Gasteiger partial charge in [-0.15, -0.1) is 0 Å². The highest BCUT2D eigenvalue weighted by Gasteiger charge is 2.20. The van der Waals surface area contributed by atoms with Crippen LogP contribution in [-0.4, -0.2) is 59.0 Å². The van der Waals surface area contributed by atoms with Crippen molar-refractivity contribution in [2.24, 2.45) is 0 Å². The van der Waals surface area contributed by atoms with Gasteiger partial charge in [0.2, 0.25) is 5.91 Å². The highest BCUT2D eigenvalue weighted by Crippen LogP contribution is 2.22. The van der Waals surface area contributed by atoms with Gasteiger partial charge in [-0.1, -0.05) is 0 Å². The third-order valence-corrected chi connectivity index (χ3v) is 3.61. The van der Waals surface area contributed by atoms with Gasteiger partial charge < -0.3 is 15.3 Å². The topological polar surface area (TPSA) is 70.4 Å². The first-order valence-electron chi connectivity index (χ1n) is 6.79. The first-order valence-corrected chi connectivity index (χ1v) is 6.79. The smallest absolute Gasteiger partial charge is 0.244 e. The Bertz CT molecular complexity index is 413. The van der Waals surface area contributed by atoms with Crippen molar-refractivity contribution in [2.45, 2.75) is 25.3 Å². The van der Waals surface area contributed by atoms with Crippen molar-refractivity contribution in [1.29, 1.82) is 0 Å². The highest BCUT2D eigenvalue weighted by atomic mass is 16.3. The first-order chi connectivity index (χ1) is 9.22. The lowest BCUT2D eigenvalue weighted by molar-refractivity contribution is -0.131. The summed E-state index contributed by atoms with van der Waals surface area (Å²) in [6.07, 6.45) is 4.05. The van der Waals surface area contributed by atoms with Crippen LogP contribution in [0.25, 0.3) is 0 Å². The molecule has 0 aliphatic carbocycles. The maximum Gasteiger partial charge on any atom is 0.244 e. The van der Waals surface area contributed by atoms with Crippen LogP contribution in [0.3, 0.4) is 0 Å². The zero-order chi connectivity index (χ0) is 13.7. The zero-order valence-corrected chi connectivity index (χ0v) is 11.4. The molecule has 0 aromatic carbocycles. The van der Waals surface area contributed by atoms with Crippen LogP contribution in [0, 0.1) is 0 Å². The van der Waals surface area contributed by atoms with Crippen molar-refractivity contribution in [3.05, 3.63) is 18.0 Å². The summed E-state index contributed by atoms with van der Waals surface area (Å²) in [5.41, 5.74) is 1.12. The number of carbonyl (C=O) groups is 1. The number of likely N-dealkylation sites (N-methyl/N-ethyl adjacent to an activating group) is 1. The summed E-state index contributed by atoms with van der Waals surface area (Å²) in [7, 11) is 1.70. The zero-order valence-electron chi connectivity index (χ0n) is 11.4. The second kappa shape index (κ2) is 6.68. The van der Waals surface area contributed by atoms with E-state index in [1.54, 1.807) is 17.9 Å². The molecule has 2 N–H and O–H groups in total. The van der Waals surface area contributed by atoms with Gasteiger partial charge in [0.1, 0.15) is 6.54 Å². The van der Waals surface area contributed by atoms with Gasteiger partial charge in [0, 0.05) is 37.9 Å². The van der Waals surface area contributed by atoms with Crippen molar-refractivity contribution in [3.8, 4) is 0 Å². The maximum atomic E-state index is 12.0. The molecule has 1 aliphatic rings. The summed E-state index contributed by atoms with van der Waals surface area (Å²) in [4.78, 5) is 13.5. The molecule has 1 saturated heterocycles. The largest absolute Gasteiger partial charge is 0.395 e. The van der Waals surface area contributed by atoms with Gasteiger partial charge >= 0.3 is 0 Å². The fourth-order valence-corrected chi connectivity index (χ4v) is 2.45. The fourth-order valence-electron chi connectivity index (χ4n) is 2.45. The summed E-state index contributed by atoms with van der Waals surface area (Å²) >= 11 is 0. The van der Waals surface area contributed by atoms with Crippen molar-refractivity contribution < 1.29 is 9.90 Å². The number of aliphatic hydroxyl groups excluding tert-OH is 1. The van der Waals surface area contributed by atoms with Crippen LogP contribution >= 0.6 is 0 Å². The summed E-state index contributed by atoms with van der Waals surface area (Å²) < 4.78 is 1.79. The number of rotatable bonds is 5. The number of amides is 1. The number of hydrogen-bond acceptors (Lipinski definition) is 4. The number of carbonyl (C=O) groups excluding carboxylic acids is 1. The van der Waals surface area contributed by atoms with Crippen molar-refractivity contribution in [1.82, 2.24) is 20.0 Å². The molecule has 0 spiro atoms. The standard InChI is InChI=1S/C13H22N4O2/c1-16(7-8-18)13(19)10-17-12(4-6-15-17)11-3-2-5-14-9-11/h4,6,11,14,18H,2-3,5,7-10H2,1H3. The molecule has 0 saturated carbocycles. The molecule has 6 heteroatoms. The van der Waals surface area contributed by atoms with Crippen LogP contribution in [0.5, 0.6) is 0 Å². The van der Waals surface area contributed by atoms with E-state index in [1.165, 1.54) is 4.90 Å². The van der Waals surface area contributed by atoms with Crippen LogP contribution < -0.4 is 5.32 Å². The van der Waals surface area contributed by atoms with Crippen LogP contribution in [-0.2, 0) is 11.3 Å². The molecule has 19 heavy (non-hydrogen) atoms. The Balaban J connectivity index is 2.00. The van der Waals surface area contributed by atoms with E-state index in [0.717, 1.165) is 31.6 Å². The molecule has 0 bridgehead atoms. The van der Waals surface area contributed by atoms with Crippen LogP contribution in [0.15, 0.2) is 12.3 Å². The fraction of sp³-hybridized carbons (Fsp3) is 0.692. The molecule has 1 aliphatic heterocycles. The van der Waals surface area contributed by atoms with E-state index in [1.807, 2.05) is 6.07 Å². The maximum absolute atomic E-state index is 12.0.